The van der Waals surface area contributed by atoms with E-state index in [1.807, 2.05) is 133 Å². The second kappa shape index (κ2) is 33.1. The number of benzene rings is 14. The van der Waals surface area contributed by atoms with E-state index in [1.54, 1.807) is 36.8 Å². The van der Waals surface area contributed by atoms with Crippen molar-refractivity contribution in [3.8, 4) is 56.3 Å². The Balaban J connectivity index is 0.000000108. The van der Waals surface area contributed by atoms with Crippen molar-refractivity contribution in [3.63, 3.8) is 0 Å². The van der Waals surface area contributed by atoms with E-state index in [0.717, 1.165) is 137 Å². The molecule has 0 bridgehead atoms. The summed E-state index contributed by atoms with van der Waals surface area (Å²) in [5, 5.41) is 40.3. The lowest BCUT2D eigenvalue weighted by atomic mass is 9.76. The molecule has 16 heteroatoms. The maximum absolute atomic E-state index is 9.44. The van der Waals surface area contributed by atoms with Gasteiger partial charge in [0.1, 0.15) is 5.15 Å². The van der Waals surface area contributed by atoms with Gasteiger partial charge >= 0.3 is 14.2 Å². The van der Waals surface area contributed by atoms with Crippen molar-refractivity contribution in [2.24, 2.45) is 0 Å². The number of nitrogens with zero attached hydrogens (tertiary/aromatic N) is 7. The van der Waals surface area contributed by atoms with Gasteiger partial charge in [-0.1, -0.05) is 253 Å². The largest absolute Gasteiger partial charge is 0.494 e. The summed E-state index contributed by atoms with van der Waals surface area (Å²) in [6, 6.07) is 117. The topological polar surface area (TPSA) is 149 Å². The van der Waals surface area contributed by atoms with E-state index in [2.05, 4.69) is 237 Å². The number of fused-ring (bicyclic) bond motifs is 14. The first-order chi connectivity index (χ1) is 58.0. The van der Waals surface area contributed by atoms with Gasteiger partial charge in [0.05, 0.1) is 67.3 Å². The van der Waals surface area contributed by atoms with E-state index in [9.17, 15) is 10.0 Å². The van der Waals surface area contributed by atoms with Crippen molar-refractivity contribution in [1.29, 1.82) is 0 Å². The Morgan fingerprint density at radius 3 is 1.21 bits per heavy atom. The fourth-order valence-electron chi connectivity index (χ4n) is 15.5. The molecule has 1 fully saturated rings. The quantitative estimate of drug-likeness (QED) is 0.0892. The molecule has 0 unspecified atom stereocenters. The third kappa shape index (κ3) is 16.2. The highest BCUT2D eigenvalue weighted by Crippen LogP contribution is 2.40. The van der Waals surface area contributed by atoms with Crippen LogP contribution in [0.15, 0.2) is 364 Å². The molecule has 0 atom stereocenters. The molecule has 0 aliphatic carbocycles. The van der Waals surface area contributed by atoms with Crippen LogP contribution < -0.4 is 10.9 Å². The minimum absolute atomic E-state index is 0.340. The Morgan fingerprint density at radius 2 is 0.689 bits per heavy atom. The zero-order valence-electron chi connectivity index (χ0n) is 65.3. The van der Waals surface area contributed by atoms with Gasteiger partial charge in [-0.15, -0.1) is 0 Å². The van der Waals surface area contributed by atoms with E-state index in [-0.39, 0.29) is 18.3 Å². The highest BCUT2D eigenvalue weighted by Gasteiger charge is 2.51. The maximum atomic E-state index is 9.44. The Labute approximate surface area is 703 Å². The van der Waals surface area contributed by atoms with Crippen LogP contribution in [0, 0.1) is 0 Å². The number of halogens is 3. The normalized spacial score (nSPS) is 12.8. The molecule has 0 amide bonds. The van der Waals surface area contributed by atoms with Crippen molar-refractivity contribution in [2.75, 3.05) is 0 Å². The lowest BCUT2D eigenvalue weighted by Gasteiger charge is -2.32. The van der Waals surface area contributed by atoms with Gasteiger partial charge in [-0.3, -0.25) is 9.97 Å². The standard InChI is InChI=1S/C37H23N3.C23H14ClN.C20H21BN2O2.C14H11BO2.C9H5Cl2N/c1-2-6-31-24(4-1)8-9-26-5-3-7-32(37(26)31)36-17-13-30-23-28(11-15-35(30)40-36)27-10-14-34-29(22-27)12-16-33(39-34)25-18-20-38-21-19-25;24-18-11-13-21-17(14-18)10-12-22(25-21)20-7-3-5-16-9-8-15-4-1-2-6-19(15)23(16)20;1-19(2)20(3,4)25-21(24-19)15-9-11-16-14(13-15)8-10-18(23-16)17-7-5-6-12-22-17;16-15(17)13-7-3-5-11-9-8-10-4-1-2-6-12(10)14(11)13;10-7-2-3-8-6(5-7)1-4-9(11)12-8/h1-23H;1-14H;5-13H,1-4H3;1-9,16-17H;1-5H. The van der Waals surface area contributed by atoms with E-state index in [4.69, 9.17) is 64.0 Å². The minimum Gasteiger partial charge on any atom is -0.423 e. The lowest BCUT2D eigenvalue weighted by molar-refractivity contribution is 0.00578. The fraction of sp³-hybridized carbons (Fsp3) is 0.0583. The summed E-state index contributed by atoms with van der Waals surface area (Å²) in [5.74, 6) is 0. The molecule has 0 spiro atoms. The molecule has 7 aromatic heterocycles. The van der Waals surface area contributed by atoms with E-state index < -0.39 is 7.12 Å². The predicted octanol–water partition coefficient (Wildman–Crippen LogP) is 25.2. The number of hydrogen-bond donors (Lipinski definition) is 2. The number of aromatic nitrogens is 7. The Morgan fingerprint density at radius 1 is 0.294 bits per heavy atom. The number of hydrogen-bond acceptors (Lipinski definition) is 11. The van der Waals surface area contributed by atoms with Gasteiger partial charge in [-0.25, -0.2) is 24.9 Å². The van der Waals surface area contributed by atoms with Crippen molar-refractivity contribution in [3.05, 3.63) is 380 Å². The third-order valence-electron chi connectivity index (χ3n) is 22.3. The summed E-state index contributed by atoms with van der Waals surface area (Å²) in [4.78, 5) is 32.2. The van der Waals surface area contributed by atoms with Gasteiger partial charge in [-0.05, 0) is 247 Å². The molecule has 1 aliphatic heterocycles. The van der Waals surface area contributed by atoms with Gasteiger partial charge in [0.2, 0.25) is 0 Å². The molecule has 22 rings (SSSR count). The Kier molecular flexibility index (Phi) is 21.4. The van der Waals surface area contributed by atoms with Gasteiger partial charge in [-0.2, -0.15) is 0 Å². The Hall–Kier alpha value is -13.2. The molecule has 0 saturated carbocycles. The molecule has 8 heterocycles. The second-order valence-corrected chi connectivity index (χ2v) is 31.6. The third-order valence-corrected chi connectivity index (χ3v) is 23.0. The summed E-state index contributed by atoms with van der Waals surface area (Å²) < 4.78 is 12.3. The van der Waals surface area contributed by atoms with Crippen LogP contribution in [-0.4, -0.2) is 70.4 Å². The van der Waals surface area contributed by atoms with Crippen LogP contribution in [0.2, 0.25) is 15.2 Å². The first-order valence-corrected chi connectivity index (χ1v) is 40.4. The average Bonchev–Trinajstić information content (AvgIpc) is 1.75. The maximum Gasteiger partial charge on any atom is 0.494 e. The van der Waals surface area contributed by atoms with Crippen LogP contribution in [0.25, 0.3) is 175 Å². The summed E-state index contributed by atoms with van der Waals surface area (Å²) in [5.41, 5.74) is 16.0. The number of rotatable bonds is 7. The zero-order chi connectivity index (χ0) is 81.3. The predicted molar refractivity (Wildman–Crippen MR) is 497 cm³/mol. The van der Waals surface area contributed by atoms with Crippen LogP contribution >= 0.6 is 34.8 Å². The van der Waals surface area contributed by atoms with Crippen LogP contribution in [0.4, 0.5) is 0 Å². The summed E-state index contributed by atoms with van der Waals surface area (Å²) in [6.45, 7) is 8.26. The van der Waals surface area contributed by atoms with Crippen molar-refractivity contribution < 1.29 is 19.4 Å². The van der Waals surface area contributed by atoms with Gasteiger partial charge in [0.25, 0.3) is 0 Å². The van der Waals surface area contributed by atoms with Crippen LogP contribution in [0.5, 0.6) is 0 Å². The summed E-state index contributed by atoms with van der Waals surface area (Å²) in [7, 11) is -1.80. The Bertz CT molecular complexity index is 7400. The number of pyridine rings is 7. The first kappa shape index (κ1) is 77.1. The monoisotopic (exact) mass is 1600 g/mol. The molecule has 1 aliphatic rings. The molecule has 2 N–H and O–H groups in total. The molecule has 119 heavy (non-hydrogen) atoms. The molecule has 572 valence electrons. The van der Waals surface area contributed by atoms with Gasteiger partial charge in [0, 0.05) is 66.9 Å². The van der Waals surface area contributed by atoms with E-state index in [1.165, 1.54) is 48.7 Å². The van der Waals surface area contributed by atoms with Crippen molar-refractivity contribution in [1.82, 2.24) is 34.9 Å². The molecular formula is C103H74B2Cl3N7O4. The highest BCUT2D eigenvalue weighted by atomic mass is 35.5. The minimum atomic E-state index is -1.44. The highest BCUT2D eigenvalue weighted by molar-refractivity contribution is 6.63. The molecule has 0 radical (unpaired) electrons. The molecule has 1 saturated heterocycles. The second-order valence-electron chi connectivity index (χ2n) is 30.4. The molecule has 21 aromatic rings. The smallest absolute Gasteiger partial charge is 0.423 e. The van der Waals surface area contributed by atoms with E-state index >= 15 is 0 Å². The van der Waals surface area contributed by atoms with Gasteiger partial charge in [0.15, 0.2) is 0 Å². The first-order valence-electron chi connectivity index (χ1n) is 39.2. The van der Waals surface area contributed by atoms with E-state index in [0.29, 0.717) is 15.6 Å². The van der Waals surface area contributed by atoms with Gasteiger partial charge < -0.3 is 19.4 Å². The fourth-order valence-corrected chi connectivity index (χ4v) is 16.1. The molecular weight excluding hydrogens is 1530 g/mol. The molecule has 11 nitrogen and oxygen atoms in total. The van der Waals surface area contributed by atoms with Crippen molar-refractivity contribution in [2.45, 2.75) is 38.9 Å². The van der Waals surface area contributed by atoms with Crippen LogP contribution in [-0.2, 0) is 9.31 Å². The zero-order valence-corrected chi connectivity index (χ0v) is 67.5. The summed E-state index contributed by atoms with van der Waals surface area (Å²) >= 11 is 17.6. The van der Waals surface area contributed by atoms with Crippen LogP contribution in [0.3, 0.4) is 0 Å². The average molecular weight is 1600 g/mol. The van der Waals surface area contributed by atoms with Crippen LogP contribution in [0.1, 0.15) is 27.7 Å². The molecule has 14 aromatic carbocycles. The SMILES string of the molecule is CC1(C)OB(c2ccc3nc(-c4ccccn4)ccc3c2)OC1(C)C.Clc1ccc2nc(-c3cccc4ccc5ccccc5c34)ccc2c1.Clc1ccc2nc(Cl)ccc2c1.OB(O)c1cccc2ccc3ccccc3c12.c1ccc2c(c1)ccc1cccc(-c3ccc4cc(-c5ccc6nc(-c7ccncc7)ccc6c5)ccc4n3)c12. The lowest BCUT2D eigenvalue weighted by Crippen LogP contribution is -2.41. The summed E-state index contributed by atoms with van der Waals surface area (Å²) in [6.07, 6.45) is 5.38. The van der Waals surface area contributed by atoms with Crippen molar-refractivity contribution >= 4 is 179 Å².